The lowest BCUT2D eigenvalue weighted by atomic mass is 9.89. The number of carboxylic acid groups (broad SMARTS) is 1. The molecule has 45 heavy (non-hydrogen) atoms. The molecule has 0 saturated carbocycles. The highest BCUT2D eigenvalue weighted by Gasteiger charge is 2.34. The Hall–Kier alpha value is -5.03. The van der Waals surface area contributed by atoms with Crippen molar-refractivity contribution in [1.29, 1.82) is 0 Å². The van der Waals surface area contributed by atoms with E-state index in [1.165, 1.54) is 4.90 Å². The number of hydrogen-bond donors (Lipinski definition) is 2. The van der Waals surface area contributed by atoms with Crippen molar-refractivity contribution in [2.75, 3.05) is 69.7 Å². The monoisotopic (exact) mass is 612 g/mol. The van der Waals surface area contributed by atoms with Gasteiger partial charge in [0.05, 0.1) is 33.1 Å². The van der Waals surface area contributed by atoms with Gasteiger partial charge in [0.2, 0.25) is 5.95 Å². The van der Waals surface area contributed by atoms with E-state index in [1.807, 2.05) is 50.2 Å². The molecule has 1 unspecified atom stereocenters. The fourth-order valence-electron chi connectivity index (χ4n) is 5.81. The topological polar surface area (TPSA) is 113 Å². The number of ether oxygens (including phenoxy) is 3. The maximum absolute atomic E-state index is 13.2. The summed E-state index contributed by atoms with van der Waals surface area (Å²) >= 11 is 0. The summed E-state index contributed by atoms with van der Waals surface area (Å²) in [5, 5.41) is 14.0. The Morgan fingerprint density at radius 3 is 2.27 bits per heavy atom. The summed E-state index contributed by atoms with van der Waals surface area (Å²) in [6.45, 7) is 7.72. The zero-order chi connectivity index (χ0) is 32.1. The molecule has 0 radical (unpaired) electrons. The Labute approximate surface area is 264 Å². The predicted octanol–water partition coefficient (Wildman–Crippen LogP) is 5.89. The first-order chi connectivity index (χ1) is 21.7. The summed E-state index contributed by atoms with van der Waals surface area (Å²) in [5.74, 6) is 2.26. The zero-order valence-corrected chi connectivity index (χ0v) is 26.6. The predicted molar refractivity (Wildman–Crippen MR) is 176 cm³/mol. The molecule has 2 N–H and O–H groups in total. The lowest BCUT2D eigenvalue weighted by Crippen LogP contribution is -2.44. The number of aromatic nitrogens is 2. The van der Waals surface area contributed by atoms with Crippen LogP contribution in [-0.4, -0.2) is 80.6 Å². The average Bonchev–Trinajstić information content (AvgIpc) is 3.04. The number of carbonyl (C=O) groups is 1. The molecule has 236 valence electrons. The Morgan fingerprint density at radius 1 is 0.911 bits per heavy atom. The third kappa shape index (κ3) is 6.73. The van der Waals surface area contributed by atoms with Crippen molar-refractivity contribution in [2.24, 2.45) is 0 Å². The van der Waals surface area contributed by atoms with E-state index < -0.39 is 12.1 Å². The zero-order valence-electron chi connectivity index (χ0n) is 26.6. The average molecular weight is 613 g/mol. The summed E-state index contributed by atoms with van der Waals surface area (Å²) in [4.78, 5) is 28.1. The van der Waals surface area contributed by atoms with Crippen LogP contribution >= 0.6 is 0 Å². The van der Waals surface area contributed by atoms with Gasteiger partial charge in [0.1, 0.15) is 23.1 Å². The Bertz CT molecular complexity index is 1640. The summed E-state index contributed by atoms with van der Waals surface area (Å²) < 4.78 is 17.0. The lowest BCUT2D eigenvalue weighted by molar-refractivity contribution is 0.199. The molecule has 1 saturated heterocycles. The minimum Gasteiger partial charge on any atom is -0.497 e. The largest absolute Gasteiger partial charge is 0.497 e. The van der Waals surface area contributed by atoms with Crippen LogP contribution in [0, 0.1) is 13.8 Å². The van der Waals surface area contributed by atoms with Crippen molar-refractivity contribution >= 4 is 29.2 Å². The van der Waals surface area contributed by atoms with E-state index in [2.05, 4.69) is 32.1 Å². The molecule has 5 rings (SSSR count). The van der Waals surface area contributed by atoms with Crippen LogP contribution in [0.25, 0.3) is 0 Å². The van der Waals surface area contributed by atoms with Gasteiger partial charge in [-0.2, -0.15) is 4.98 Å². The summed E-state index contributed by atoms with van der Waals surface area (Å²) in [5.41, 5.74) is 5.03. The first-order valence-electron chi connectivity index (χ1n) is 14.8. The van der Waals surface area contributed by atoms with Gasteiger partial charge in [-0.25, -0.2) is 14.7 Å². The second-order valence-electron chi connectivity index (χ2n) is 11.0. The number of amides is 1. The van der Waals surface area contributed by atoms with Gasteiger partial charge in [-0.05, 0) is 74.0 Å². The molecule has 1 aliphatic rings. The molecule has 4 aromatic rings. The number of anilines is 4. The number of rotatable bonds is 10. The van der Waals surface area contributed by atoms with Crippen LogP contribution in [0.2, 0.25) is 0 Å². The van der Waals surface area contributed by atoms with E-state index in [0.717, 1.165) is 54.3 Å². The number of nitrogens with zero attached hydrogens (tertiary/aromatic N) is 5. The lowest BCUT2D eigenvalue weighted by Gasteiger charge is -2.34. The Morgan fingerprint density at radius 2 is 1.62 bits per heavy atom. The molecule has 1 aliphatic heterocycles. The molecule has 3 aromatic carbocycles. The van der Waals surface area contributed by atoms with Crippen LogP contribution in [0.3, 0.4) is 0 Å². The van der Waals surface area contributed by atoms with Crippen LogP contribution in [0.1, 0.15) is 28.3 Å². The van der Waals surface area contributed by atoms with Gasteiger partial charge < -0.3 is 34.4 Å². The molecule has 0 aliphatic carbocycles. The van der Waals surface area contributed by atoms with Crippen LogP contribution in [0.5, 0.6) is 17.2 Å². The Balaban J connectivity index is 1.55. The second kappa shape index (κ2) is 13.7. The molecule has 1 aromatic heterocycles. The summed E-state index contributed by atoms with van der Waals surface area (Å²) in [6, 6.07) is 17.9. The van der Waals surface area contributed by atoms with Crippen molar-refractivity contribution < 1.29 is 24.1 Å². The van der Waals surface area contributed by atoms with Gasteiger partial charge >= 0.3 is 6.09 Å². The summed E-state index contributed by atoms with van der Waals surface area (Å²) in [6.07, 6.45) is 0.358. The van der Waals surface area contributed by atoms with Crippen LogP contribution < -0.4 is 29.3 Å². The van der Waals surface area contributed by atoms with Crippen molar-refractivity contribution in [1.82, 2.24) is 14.9 Å². The van der Waals surface area contributed by atoms with E-state index in [1.54, 1.807) is 51.8 Å². The highest BCUT2D eigenvalue weighted by atomic mass is 16.5. The molecule has 0 spiro atoms. The maximum atomic E-state index is 13.2. The quantitative estimate of drug-likeness (QED) is 0.225. The van der Waals surface area contributed by atoms with Crippen molar-refractivity contribution in [3.05, 3.63) is 89.1 Å². The summed E-state index contributed by atoms with van der Waals surface area (Å²) in [7, 11) is 6.91. The third-order valence-corrected chi connectivity index (χ3v) is 8.18. The van der Waals surface area contributed by atoms with Gasteiger partial charge in [0.15, 0.2) is 0 Å². The number of benzene rings is 3. The molecule has 1 atom stereocenters. The SMILES string of the molecule is COc1ccc(OC)c(C(c2c(C)cccc2C)N(C(=O)O)c2ccnc(Nc3ccc(N4CCN(C)CC4)c(OC)c3)n2)c1. The Kier molecular flexibility index (Phi) is 9.58. The molecular weight excluding hydrogens is 572 g/mol. The molecule has 2 heterocycles. The van der Waals surface area contributed by atoms with E-state index in [-0.39, 0.29) is 11.8 Å². The molecule has 0 bridgehead atoms. The molecule has 11 heteroatoms. The fraction of sp³-hybridized carbons (Fsp3) is 0.324. The van der Waals surface area contributed by atoms with Crippen LogP contribution in [-0.2, 0) is 0 Å². The number of likely N-dealkylation sites (N-methyl/N-ethyl adjacent to an activating group) is 1. The van der Waals surface area contributed by atoms with Gasteiger partial charge in [-0.1, -0.05) is 18.2 Å². The minimum absolute atomic E-state index is 0.193. The molecule has 1 amide bonds. The van der Waals surface area contributed by atoms with Crippen molar-refractivity contribution in [2.45, 2.75) is 19.9 Å². The second-order valence-corrected chi connectivity index (χ2v) is 11.0. The van der Waals surface area contributed by atoms with E-state index in [0.29, 0.717) is 22.7 Å². The number of piperazine rings is 1. The number of methoxy groups -OCH3 is 3. The van der Waals surface area contributed by atoms with E-state index in [9.17, 15) is 9.90 Å². The molecule has 11 nitrogen and oxygen atoms in total. The van der Waals surface area contributed by atoms with Gasteiger partial charge in [0, 0.05) is 49.7 Å². The van der Waals surface area contributed by atoms with Crippen molar-refractivity contribution in [3.63, 3.8) is 0 Å². The third-order valence-electron chi connectivity index (χ3n) is 8.18. The van der Waals surface area contributed by atoms with Gasteiger partial charge in [0.25, 0.3) is 0 Å². The van der Waals surface area contributed by atoms with Crippen LogP contribution in [0.4, 0.5) is 27.9 Å². The number of hydrogen-bond acceptors (Lipinski definition) is 9. The van der Waals surface area contributed by atoms with Crippen LogP contribution in [0.15, 0.2) is 66.9 Å². The number of nitrogens with one attached hydrogen (secondary N) is 1. The molecular formula is C34H40N6O5. The first kappa shape index (κ1) is 31.4. The standard InChI is InChI=1S/C34H40N6O5/c1-22-8-7-9-23(2)31(22)32(26-21-25(43-4)11-13-28(26)44-5)40(34(41)42)30-14-15-35-33(37-30)36-24-10-12-27(29(20-24)45-6)39-18-16-38(3)17-19-39/h7-15,20-21,32H,16-19H2,1-6H3,(H,41,42)(H,35,36,37). The first-order valence-corrected chi connectivity index (χ1v) is 14.8. The van der Waals surface area contributed by atoms with Crippen molar-refractivity contribution in [3.8, 4) is 17.2 Å². The molecule has 1 fully saturated rings. The normalized spacial score (nSPS) is 14.0. The maximum Gasteiger partial charge on any atom is 0.413 e. The van der Waals surface area contributed by atoms with Gasteiger partial charge in [-0.15, -0.1) is 0 Å². The fourth-order valence-corrected chi connectivity index (χ4v) is 5.81. The highest BCUT2D eigenvalue weighted by Crippen LogP contribution is 2.41. The number of aryl methyl sites for hydroxylation is 2. The van der Waals surface area contributed by atoms with E-state index in [4.69, 9.17) is 14.2 Å². The smallest absolute Gasteiger partial charge is 0.413 e. The minimum atomic E-state index is -1.18. The van der Waals surface area contributed by atoms with E-state index >= 15 is 0 Å². The van der Waals surface area contributed by atoms with Gasteiger partial charge in [-0.3, -0.25) is 0 Å². The highest BCUT2D eigenvalue weighted by molar-refractivity contribution is 5.87.